The molecule has 35 heavy (non-hydrogen) atoms. The molecule has 1 atom stereocenters. The van der Waals surface area contributed by atoms with Crippen LogP contribution in [0.2, 0.25) is 5.02 Å². The van der Waals surface area contributed by atoms with Gasteiger partial charge in [0.15, 0.2) is 0 Å². The number of aromatic nitrogens is 2. The van der Waals surface area contributed by atoms with Crippen molar-refractivity contribution in [2.24, 2.45) is 12.5 Å². The quantitative estimate of drug-likeness (QED) is 0.415. The zero-order chi connectivity index (χ0) is 24.8. The predicted molar refractivity (Wildman–Crippen MR) is 139 cm³/mol. The van der Waals surface area contributed by atoms with Crippen molar-refractivity contribution in [1.29, 1.82) is 0 Å². The first-order chi connectivity index (χ1) is 16.8. The number of rotatable bonds is 9. The average molecular weight is 495 g/mol. The van der Waals surface area contributed by atoms with Crippen molar-refractivity contribution in [3.63, 3.8) is 0 Å². The molecule has 1 amide bonds. The second-order valence-electron chi connectivity index (χ2n) is 9.95. The second-order valence-corrected chi connectivity index (χ2v) is 10.4. The monoisotopic (exact) mass is 494 g/mol. The van der Waals surface area contributed by atoms with E-state index in [4.69, 9.17) is 16.3 Å². The molecule has 1 saturated heterocycles. The molecule has 1 aliphatic heterocycles. The Balaban J connectivity index is 1.49. The van der Waals surface area contributed by atoms with Crippen molar-refractivity contribution in [3.8, 4) is 5.75 Å². The Morgan fingerprint density at radius 1 is 1.20 bits per heavy atom. The first kappa shape index (κ1) is 25.3. The number of piperidine rings is 1. The molecule has 4 rings (SSSR count). The van der Waals surface area contributed by atoms with Gasteiger partial charge in [0.2, 0.25) is 5.91 Å². The summed E-state index contributed by atoms with van der Waals surface area (Å²) in [5.41, 5.74) is 3.03. The fraction of sp³-hybridized carbons (Fsp3) is 0.429. The first-order valence-corrected chi connectivity index (χ1v) is 12.6. The Morgan fingerprint density at radius 3 is 2.71 bits per heavy atom. The molecule has 0 radical (unpaired) electrons. The molecule has 6 nitrogen and oxygen atoms in total. The predicted octanol–water partition coefficient (Wildman–Crippen LogP) is 5.09. The maximum absolute atomic E-state index is 13.4. The van der Waals surface area contributed by atoms with Crippen LogP contribution in [0.15, 0.2) is 60.9 Å². The molecule has 186 valence electrons. The molecule has 7 heteroatoms. The highest BCUT2D eigenvalue weighted by molar-refractivity contribution is 6.31. The number of amides is 1. The van der Waals surface area contributed by atoms with Crippen molar-refractivity contribution in [2.45, 2.75) is 39.3 Å². The van der Waals surface area contributed by atoms with Crippen LogP contribution in [0.1, 0.15) is 36.0 Å². The summed E-state index contributed by atoms with van der Waals surface area (Å²) >= 11 is 6.21. The van der Waals surface area contributed by atoms with Gasteiger partial charge in [0.05, 0.1) is 12.8 Å². The molecule has 0 N–H and O–H groups in total. The maximum atomic E-state index is 13.4. The highest BCUT2D eigenvalue weighted by atomic mass is 35.5. The van der Waals surface area contributed by atoms with E-state index >= 15 is 0 Å². The number of halogens is 1. The Bertz CT molecular complexity index is 1130. The van der Waals surface area contributed by atoms with Crippen LogP contribution >= 0.6 is 11.6 Å². The standard InChI is InChI=1S/C28H35ClN4O2/c1-22-14-25(10-11-26(22)29)35-21-28(15-27(34)31(2)17-23-8-5-4-6-9-23)12-7-13-33(20-28)19-24-16-30-32(3)18-24/h4-6,8-11,14,16,18H,7,12-13,15,17,19-21H2,1-3H3/t28-/m1/s1. The fourth-order valence-electron chi connectivity index (χ4n) is 4.91. The summed E-state index contributed by atoms with van der Waals surface area (Å²) in [6, 6.07) is 15.9. The van der Waals surface area contributed by atoms with Gasteiger partial charge < -0.3 is 9.64 Å². The van der Waals surface area contributed by atoms with E-state index < -0.39 is 0 Å². The van der Waals surface area contributed by atoms with Crippen molar-refractivity contribution in [1.82, 2.24) is 19.6 Å². The lowest BCUT2D eigenvalue weighted by Crippen LogP contribution is -2.48. The molecule has 2 aromatic carbocycles. The molecule has 0 spiro atoms. The van der Waals surface area contributed by atoms with Crippen LogP contribution < -0.4 is 4.74 Å². The lowest BCUT2D eigenvalue weighted by Gasteiger charge is -2.43. The van der Waals surface area contributed by atoms with E-state index in [9.17, 15) is 4.79 Å². The van der Waals surface area contributed by atoms with Gasteiger partial charge in [0, 0.05) is 62.3 Å². The molecule has 1 fully saturated rings. The SMILES string of the molecule is Cc1cc(OC[C@@]2(CC(=O)N(C)Cc3ccccc3)CCCN(Cc3cnn(C)c3)C2)ccc1Cl. The molecule has 0 bridgehead atoms. The van der Waals surface area contributed by atoms with E-state index in [0.29, 0.717) is 19.6 Å². The van der Waals surface area contributed by atoms with E-state index in [2.05, 4.69) is 28.3 Å². The number of hydrogen-bond acceptors (Lipinski definition) is 4. The minimum Gasteiger partial charge on any atom is -0.493 e. The van der Waals surface area contributed by atoms with Gasteiger partial charge >= 0.3 is 0 Å². The number of hydrogen-bond donors (Lipinski definition) is 0. The van der Waals surface area contributed by atoms with Crippen molar-refractivity contribution in [2.75, 3.05) is 26.7 Å². The van der Waals surface area contributed by atoms with Crippen LogP contribution in [-0.4, -0.2) is 52.2 Å². The minimum atomic E-state index is -0.268. The molecule has 2 heterocycles. The van der Waals surface area contributed by atoms with Crippen LogP contribution in [0.4, 0.5) is 0 Å². The number of benzene rings is 2. The highest BCUT2D eigenvalue weighted by Crippen LogP contribution is 2.36. The Morgan fingerprint density at radius 2 is 2.00 bits per heavy atom. The van der Waals surface area contributed by atoms with E-state index in [1.165, 1.54) is 5.56 Å². The average Bonchev–Trinajstić information content (AvgIpc) is 3.25. The summed E-state index contributed by atoms with van der Waals surface area (Å²) < 4.78 is 8.15. The van der Waals surface area contributed by atoms with Gasteiger partial charge in [-0.15, -0.1) is 0 Å². The maximum Gasteiger partial charge on any atom is 0.223 e. The van der Waals surface area contributed by atoms with Gasteiger partial charge in [0.1, 0.15) is 5.75 Å². The van der Waals surface area contributed by atoms with E-state index in [-0.39, 0.29) is 11.3 Å². The molecular formula is C28H35ClN4O2. The lowest BCUT2D eigenvalue weighted by atomic mass is 9.77. The molecule has 3 aromatic rings. The number of nitrogens with zero attached hydrogens (tertiary/aromatic N) is 4. The van der Waals surface area contributed by atoms with Crippen molar-refractivity contribution in [3.05, 3.63) is 82.6 Å². The van der Waals surface area contributed by atoms with Gasteiger partial charge in [0.25, 0.3) is 0 Å². The molecule has 1 aliphatic rings. The smallest absolute Gasteiger partial charge is 0.223 e. The summed E-state index contributed by atoms with van der Waals surface area (Å²) in [5, 5.41) is 5.04. The van der Waals surface area contributed by atoms with Gasteiger partial charge in [-0.2, -0.15) is 5.10 Å². The zero-order valence-electron chi connectivity index (χ0n) is 20.9. The second kappa shape index (κ2) is 11.3. The molecule has 0 saturated carbocycles. The van der Waals surface area contributed by atoms with Gasteiger partial charge in [-0.3, -0.25) is 14.4 Å². The van der Waals surface area contributed by atoms with Crippen LogP contribution in [0.3, 0.4) is 0 Å². The van der Waals surface area contributed by atoms with Crippen LogP contribution in [0, 0.1) is 12.3 Å². The summed E-state index contributed by atoms with van der Waals surface area (Å²) in [6.45, 7) is 5.70. The molecule has 0 unspecified atom stereocenters. The van der Waals surface area contributed by atoms with Crippen LogP contribution in [0.25, 0.3) is 0 Å². The third-order valence-electron chi connectivity index (χ3n) is 6.79. The van der Waals surface area contributed by atoms with Gasteiger partial charge in [-0.1, -0.05) is 41.9 Å². The summed E-state index contributed by atoms with van der Waals surface area (Å²) in [4.78, 5) is 17.7. The van der Waals surface area contributed by atoms with E-state index in [1.54, 1.807) is 0 Å². The number of likely N-dealkylation sites (tertiary alicyclic amines) is 1. The van der Waals surface area contributed by atoms with Crippen LogP contribution in [-0.2, 0) is 24.9 Å². The van der Waals surface area contributed by atoms with E-state index in [1.807, 2.05) is 73.2 Å². The highest BCUT2D eigenvalue weighted by Gasteiger charge is 2.39. The number of aryl methyl sites for hydroxylation is 2. The third kappa shape index (κ3) is 6.86. The Labute approximate surface area is 213 Å². The number of ether oxygens (including phenoxy) is 1. The topological polar surface area (TPSA) is 50.6 Å². The van der Waals surface area contributed by atoms with Crippen molar-refractivity contribution < 1.29 is 9.53 Å². The lowest BCUT2D eigenvalue weighted by molar-refractivity contribution is -0.135. The third-order valence-corrected chi connectivity index (χ3v) is 7.22. The van der Waals surface area contributed by atoms with Crippen LogP contribution in [0.5, 0.6) is 5.75 Å². The Hall–Kier alpha value is -2.83. The number of carbonyl (C=O) groups excluding carboxylic acids is 1. The largest absolute Gasteiger partial charge is 0.493 e. The number of carbonyl (C=O) groups is 1. The minimum absolute atomic E-state index is 0.146. The van der Waals surface area contributed by atoms with Gasteiger partial charge in [-0.25, -0.2) is 0 Å². The summed E-state index contributed by atoms with van der Waals surface area (Å²) in [6.07, 6.45) is 6.41. The van der Waals surface area contributed by atoms with Gasteiger partial charge in [-0.05, 0) is 55.6 Å². The molecule has 1 aromatic heterocycles. The van der Waals surface area contributed by atoms with E-state index in [0.717, 1.165) is 54.4 Å². The summed E-state index contributed by atoms with van der Waals surface area (Å²) in [7, 11) is 3.83. The zero-order valence-corrected chi connectivity index (χ0v) is 21.7. The normalized spacial score (nSPS) is 18.4. The fourth-order valence-corrected chi connectivity index (χ4v) is 5.03. The Kier molecular flexibility index (Phi) is 8.14. The molecular weight excluding hydrogens is 460 g/mol. The summed E-state index contributed by atoms with van der Waals surface area (Å²) in [5.74, 6) is 0.939. The van der Waals surface area contributed by atoms with Crippen molar-refractivity contribution >= 4 is 17.5 Å². The molecule has 0 aliphatic carbocycles. The first-order valence-electron chi connectivity index (χ1n) is 12.2.